The molecule has 0 aromatic heterocycles. The van der Waals surface area contributed by atoms with E-state index in [0.29, 0.717) is 12.1 Å². The molecule has 3 N–H and O–H groups in total. The van der Waals surface area contributed by atoms with Crippen LogP contribution in [0.3, 0.4) is 0 Å². The first-order valence-electron chi connectivity index (χ1n) is 8.81. The molecule has 0 bridgehead atoms. The number of nitro groups is 1. The minimum absolute atomic E-state index is 0.344. The van der Waals surface area contributed by atoms with Crippen molar-refractivity contribution in [1.82, 2.24) is 10.6 Å². The van der Waals surface area contributed by atoms with Gasteiger partial charge in [-0.2, -0.15) is 13.2 Å². The summed E-state index contributed by atoms with van der Waals surface area (Å²) in [6, 6.07) is 10.7. The van der Waals surface area contributed by atoms with E-state index in [-0.39, 0.29) is 10.8 Å². The van der Waals surface area contributed by atoms with Crippen molar-refractivity contribution in [2.45, 2.75) is 16.1 Å². The lowest BCUT2D eigenvalue weighted by Crippen LogP contribution is -2.55. The van der Waals surface area contributed by atoms with Gasteiger partial charge in [0.15, 0.2) is 5.11 Å². The van der Waals surface area contributed by atoms with E-state index in [1.165, 1.54) is 12.2 Å². The highest BCUT2D eigenvalue weighted by atomic mass is 35.6. The van der Waals surface area contributed by atoms with Gasteiger partial charge < -0.3 is 16.0 Å². The summed E-state index contributed by atoms with van der Waals surface area (Å²) in [4.78, 5) is 22.4. The highest BCUT2D eigenvalue weighted by molar-refractivity contribution is 7.80. The van der Waals surface area contributed by atoms with E-state index in [9.17, 15) is 28.1 Å². The quantitative estimate of drug-likeness (QED) is 0.113. The Labute approximate surface area is 206 Å². The van der Waals surface area contributed by atoms with Crippen LogP contribution in [0, 0.1) is 10.1 Å². The van der Waals surface area contributed by atoms with E-state index in [1.807, 2.05) is 0 Å². The molecule has 0 saturated carbocycles. The van der Waals surface area contributed by atoms with Crippen LogP contribution in [0.1, 0.15) is 11.1 Å². The zero-order chi connectivity index (χ0) is 24.8. The Bertz CT molecular complexity index is 1060. The average molecular weight is 542 g/mol. The minimum Gasteiger partial charge on any atom is -0.339 e. The predicted molar refractivity (Wildman–Crippen MR) is 125 cm³/mol. The standard InChI is InChI=1S/C19H14Cl3F3N4O3S/c20-18(21,22)16(27-15(30)9-6-11-4-2-1-3-5-11)28-17(33)26-13-8-7-12(19(23,24)25)10-14(13)29(31)32/h1-10,16H,(H,27,30)(H2,26,28,33). The fourth-order valence-electron chi connectivity index (χ4n) is 2.38. The van der Waals surface area contributed by atoms with E-state index < -0.39 is 38.2 Å². The van der Waals surface area contributed by atoms with Crippen LogP contribution in [0.4, 0.5) is 24.5 Å². The Kier molecular flexibility index (Phi) is 8.89. The molecule has 0 spiro atoms. The number of hydrogen-bond acceptors (Lipinski definition) is 4. The Morgan fingerprint density at radius 1 is 1.09 bits per heavy atom. The van der Waals surface area contributed by atoms with E-state index >= 15 is 0 Å². The van der Waals surface area contributed by atoms with Gasteiger partial charge in [-0.1, -0.05) is 65.1 Å². The molecule has 176 valence electrons. The third kappa shape index (κ3) is 8.35. The van der Waals surface area contributed by atoms with Gasteiger partial charge in [-0.05, 0) is 36.0 Å². The molecule has 0 fully saturated rings. The number of carbonyl (C=O) groups excluding carboxylic acids is 1. The smallest absolute Gasteiger partial charge is 0.339 e. The lowest BCUT2D eigenvalue weighted by molar-refractivity contribution is -0.384. The van der Waals surface area contributed by atoms with Gasteiger partial charge in [0, 0.05) is 12.1 Å². The van der Waals surface area contributed by atoms with Gasteiger partial charge in [-0.25, -0.2) is 0 Å². The highest BCUT2D eigenvalue weighted by Crippen LogP contribution is 2.35. The van der Waals surface area contributed by atoms with Gasteiger partial charge in [-0.15, -0.1) is 0 Å². The van der Waals surface area contributed by atoms with Gasteiger partial charge in [0.25, 0.3) is 5.69 Å². The Morgan fingerprint density at radius 2 is 1.73 bits per heavy atom. The molecule has 14 heteroatoms. The summed E-state index contributed by atoms with van der Waals surface area (Å²) in [5.74, 6) is -0.661. The number of nitrogens with zero attached hydrogens (tertiary/aromatic N) is 1. The fraction of sp³-hybridized carbons (Fsp3) is 0.158. The largest absolute Gasteiger partial charge is 0.416 e. The SMILES string of the molecule is O=C(C=Cc1ccccc1)NC(NC(=S)Nc1ccc(C(F)(F)F)cc1[N+](=O)[O-])C(Cl)(Cl)Cl. The maximum Gasteiger partial charge on any atom is 0.416 e. The van der Waals surface area contributed by atoms with Crippen LogP contribution in [-0.4, -0.2) is 25.9 Å². The van der Waals surface area contributed by atoms with Crippen LogP contribution in [0.2, 0.25) is 0 Å². The summed E-state index contributed by atoms with van der Waals surface area (Å²) >= 11 is 22.6. The molecule has 2 aromatic carbocycles. The number of benzene rings is 2. The second-order valence-corrected chi connectivity index (χ2v) is 9.09. The van der Waals surface area contributed by atoms with E-state index in [1.54, 1.807) is 30.3 Å². The number of thiocarbonyl (C=S) groups is 1. The molecule has 0 aliphatic heterocycles. The molecular weight excluding hydrogens is 528 g/mol. The average Bonchev–Trinajstić information content (AvgIpc) is 2.71. The highest BCUT2D eigenvalue weighted by Gasteiger charge is 2.35. The van der Waals surface area contributed by atoms with Gasteiger partial charge >= 0.3 is 6.18 Å². The number of nitro benzene ring substituents is 1. The predicted octanol–water partition coefficient (Wildman–Crippen LogP) is 5.43. The molecule has 1 atom stereocenters. The lowest BCUT2D eigenvalue weighted by atomic mass is 10.1. The van der Waals surface area contributed by atoms with Crippen LogP contribution >= 0.6 is 47.0 Å². The number of anilines is 1. The van der Waals surface area contributed by atoms with Crippen molar-refractivity contribution in [3.05, 3.63) is 75.8 Å². The topological polar surface area (TPSA) is 96.3 Å². The molecule has 0 aliphatic rings. The van der Waals surface area contributed by atoms with Crippen molar-refractivity contribution in [2.75, 3.05) is 5.32 Å². The molecular formula is C19H14Cl3F3N4O3S. The molecule has 1 unspecified atom stereocenters. The van der Waals surface area contributed by atoms with Gasteiger partial charge in [0.1, 0.15) is 11.9 Å². The summed E-state index contributed by atoms with van der Waals surface area (Å²) in [6.45, 7) is 0. The maximum atomic E-state index is 12.9. The maximum absolute atomic E-state index is 12.9. The molecule has 0 aliphatic carbocycles. The minimum atomic E-state index is -4.78. The van der Waals surface area contributed by atoms with Crippen LogP contribution in [-0.2, 0) is 11.0 Å². The molecule has 0 heterocycles. The second kappa shape index (κ2) is 11.0. The zero-order valence-electron chi connectivity index (χ0n) is 16.2. The molecule has 1 amide bonds. The van der Waals surface area contributed by atoms with Gasteiger partial charge in [0.05, 0.1) is 10.5 Å². The summed E-state index contributed by atoms with van der Waals surface area (Å²) in [5, 5.41) is 18.0. The van der Waals surface area contributed by atoms with Crippen LogP contribution < -0.4 is 16.0 Å². The summed E-state index contributed by atoms with van der Waals surface area (Å²) < 4.78 is 36.4. The second-order valence-electron chi connectivity index (χ2n) is 6.31. The third-order valence-corrected chi connectivity index (χ3v) is 4.76. The van der Waals surface area contributed by atoms with Crippen molar-refractivity contribution in [3.8, 4) is 0 Å². The monoisotopic (exact) mass is 540 g/mol. The number of rotatable bonds is 6. The van der Waals surface area contributed by atoms with Gasteiger partial charge in [0.2, 0.25) is 9.70 Å². The Balaban J connectivity index is 2.14. The lowest BCUT2D eigenvalue weighted by Gasteiger charge is -2.27. The number of alkyl halides is 6. The van der Waals surface area contributed by atoms with E-state index in [2.05, 4.69) is 16.0 Å². The van der Waals surface area contributed by atoms with Crippen molar-refractivity contribution in [3.63, 3.8) is 0 Å². The number of halogens is 6. The summed E-state index contributed by atoms with van der Waals surface area (Å²) in [6.07, 6.45) is -3.49. The first-order valence-corrected chi connectivity index (χ1v) is 10.3. The zero-order valence-corrected chi connectivity index (χ0v) is 19.3. The Hall–Kier alpha value is -2.60. The number of nitrogens with one attached hydrogen (secondary N) is 3. The van der Waals surface area contributed by atoms with E-state index in [0.717, 1.165) is 11.6 Å². The summed E-state index contributed by atoms with van der Waals surface area (Å²) in [7, 11) is 0. The number of hydrogen-bond donors (Lipinski definition) is 3. The van der Waals surface area contributed by atoms with Crippen molar-refractivity contribution < 1.29 is 22.9 Å². The fourth-order valence-corrected chi connectivity index (χ4v) is 2.94. The van der Waals surface area contributed by atoms with Crippen LogP contribution in [0.25, 0.3) is 6.08 Å². The first-order chi connectivity index (χ1) is 15.3. The number of carbonyl (C=O) groups is 1. The molecule has 7 nitrogen and oxygen atoms in total. The van der Waals surface area contributed by atoms with Crippen molar-refractivity contribution in [1.29, 1.82) is 0 Å². The van der Waals surface area contributed by atoms with E-state index in [4.69, 9.17) is 47.0 Å². The molecule has 33 heavy (non-hydrogen) atoms. The molecule has 0 saturated heterocycles. The summed E-state index contributed by atoms with van der Waals surface area (Å²) in [5.41, 5.74) is -1.70. The van der Waals surface area contributed by atoms with Crippen LogP contribution in [0.15, 0.2) is 54.6 Å². The molecule has 2 aromatic rings. The number of amides is 1. The molecule has 2 rings (SSSR count). The Morgan fingerprint density at radius 3 is 2.27 bits per heavy atom. The van der Waals surface area contributed by atoms with Crippen molar-refractivity contribution in [2.24, 2.45) is 0 Å². The first kappa shape index (κ1) is 26.7. The van der Waals surface area contributed by atoms with Crippen LogP contribution in [0.5, 0.6) is 0 Å². The third-order valence-electron chi connectivity index (χ3n) is 3.89. The van der Waals surface area contributed by atoms with Crippen molar-refractivity contribution >= 4 is 75.5 Å². The normalized spacial score (nSPS) is 12.8. The molecule has 0 radical (unpaired) electrons. The van der Waals surface area contributed by atoms with Gasteiger partial charge in [-0.3, -0.25) is 14.9 Å².